The van der Waals surface area contributed by atoms with E-state index in [2.05, 4.69) is 0 Å². The van der Waals surface area contributed by atoms with Gasteiger partial charge in [0, 0.05) is 24.7 Å². The van der Waals surface area contributed by atoms with Gasteiger partial charge in [0.05, 0.1) is 0 Å². The Hall–Kier alpha value is -1.35. The quantitative estimate of drug-likeness (QED) is 0.719. The maximum Gasteiger partial charge on any atom is 0.228 e. The Labute approximate surface area is 83.5 Å². The molecule has 14 heavy (non-hydrogen) atoms. The molecule has 1 fully saturated rings. The SMILES string of the molecule is Cc1ccccc1N1CC(N)CC1=O. The smallest absolute Gasteiger partial charge is 0.228 e. The van der Waals surface area contributed by atoms with Gasteiger partial charge in [0.25, 0.3) is 0 Å². The maximum absolute atomic E-state index is 11.6. The van der Waals surface area contributed by atoms with E-state index in [1.54, 1.807) is 4.90 Å². The van der Waals surface area contributed by atoms with Crippen molar-refractivity contribution >= 4 is 11.6 Å². The lowest BCUT2D eigenvalue weighted by Crippen LogP contribution is -2.28. The normalized spacial score (nSPS) is 21.7. The van der Waals surface area contributed by atoms with Gasteiger partial charge in [-0.1, -0.05) is 18.2 Å². The highest BCUT2D eigenvalue weighted by atomic mass is 16.2. The second-order valence-electron chi connectivity index (χ2n) is 3.76. The monoisotopic (exact) mass is 190 g/mol. The molecule has 0 bridgehead atoms. The van der Waals surface area contributed by atoms with Crippen LogP contribution in [0.1, 0.15) is 12.0 Å². The fraction of sp³-hybridized carbons (Fsp3) is 0.364. The van der Waals surface area contributed by atoms with E-state index in [4.69, 9.17) is 5.73 Å². The van der Waals surface area contributed by atoms with E-state index in [-0.39, 0.29) is 11.9 Å². The molecule has 1 unspecified atom stereocenters. The fourth-order valence-corrected chi connectivity index (χ4v) is 1.83. The summed E-state index contributed by atoms with van der Waals surface area (Å²) >= 11 is 0. The fourth-order valence-electron chi connectivity index (χ4n) is 1.83. The lowest BCUT2D eigenvalue weighted by Gasteiger charge is -2.18. The number of hydrogen-bond donors (Lipinski definition) is 1. The molecule has 2 N–H and O–H groups in total. The zero-order valence-electron chi connectivity index (χ0n) is 8.23. The number of hydrogen-bond acceptors (Lipinski definition) is 2. The summed E-state index contributed by atoms with van der Waals surface area (Å²) < 4.78 is 0. The molecular formula is C11H14N2O. The zero-order valence-corrected chi connectivity index (χ0v) is 8.23. The van der Waals surface area contributed by atoms with Crippen molar-refractivity contribution in [3.63, 3.8) is 0 Å². The minimum absolute atomic E-state index is 0.0119. The van der Waals surface area contributed by atoms with E-state index in [0.717, 1.165) is 11.3 Å². The highest BCUT2D eigenvalue weighted by Gasteiger charge is 2.28. The van der Waals surface area contributed by atoms with Gasteiger partial charge < -0.3 is 10.6 Å². The number of anilines is 1. The third kappa shape index (κ3) is 1.51. The van der Waals surface area contributed by atoms with Crippen LogP contribution in [0, 0.1) is 6.92 Å². The molecule has 1 heterocycles. The molecule has 1 aromatic rings. The molecular weight excluding hydrogens is 176 g/mol. The average Bonchev–Trinajstić information content (AvgIpc) is 2.46. The zero-order chi connectivity index (χ0) is 10.1. The van der Waals surface area contributed by atoms with Gasteiger partial charge in [-0.05, 0) is 18.6 Å². The second-order valence-corrected chi connectivity index (χ2v) is 3.76. The summed E-state index contributed by atoms with van der Waals surface area (Å²) in [6.45, 7) is 2.65. The number of aryl methyl sites for hydroxylation is 1. The number of amides is 1. The average molecular weight is 190 g/mol. The Balaban J connectivity index is 2.32. The van der Waals surface area contributed by atoms with E-state index in [9.17, 15) is 4.79 Å². The van der Waals surface area contributed by atoms with Crippen molar-refractivity contribution in [2.45, 2.75) is 19.4 Å². The number of carbonyl (C=O) groups excluding carboxylic acids is 1. The Morgan fingerprint density at radius 3 is 2.71 bits per heavy atom. The Bertz CT molecular complexity index is 362. The third-order valence-electron chi connectivity index (χ3n) is 2.56. The third-order valence-corrected chi connectivity index (χ3v) is 2.56. The van der Waals surface area contributed by atoms with E-state index in [1.165, 1.54) is 0 Å². The van der Waals surface area contributed by atoms with E-state index < -0.39 is 0 Å². The minimum atomic E-state index is -0.0119. The predicted octanol–water partition coefficient (Wildman–Crippen LogP) is 1.06. The number of nitrogens with two attached hydrogens (primary N) is 1. The number of nitrogens with zero attached hydrogens (tertiary/aromatic N) is 1. The molecule has 2 rings (SSSR count). The molecule has 1 amide bonds. The van der Waals surface area contributed by atoms with Crippen molar-refractivity contribution in [2.75, 3.05) is 11.4 Å². The van der Waals surface area contributed by atoms with Crippen molar-refractivity contribution < 1.29 is 4.79 Å². The van der Waals surface area contributed by atoms with Crippen molar-refractivity contribution in [2.24, 2.45) is 5.73 Å². The molecule has 0 saturated carbocycles. The van der Waals surface area contributed by atoms with Crippen molar-refractivity contribution in [3.05, 3.63) is 29.8 Å². The number of para-hydroxylation sites is 1. The molecule has 0 aromatic heterocycles. The van der Waals surface area contributed by atoms with Gasteiger partial charge in [0.1, 0.15) is 0 Å². The summed E-state index contributed by atoms with van der Waals surface area (Å²) in [5.41, 5.74) is 7.85. The van der Waals surface area contributed by atoms with Crippen LogP contribution in [0.3, 0.4) is 0 Å². The van der Waals surface area contributed by atoms with Crippen LogP contribution in [0.15, 0.2) is 24.3 Å². The van der Waals surface area contributed by atoms with Crippen LogP contribution in [-0.4, -0.2) is 18.5 Å². The molecule has 1 aromatic carbocycles. The predicted molar refractivity (Wildman–Crippen MR) is 56.1 cm³/mol. The summed E-state index contributed by atoms with van der Waals surface area (Å²) in [5.74, 6) is 0.131. The minimum Gasteiger partial charge on any atom is -0.326 e. The topological polar surface area (TPSA) is 46.3 Å². The second kappa shape index (κ2) is 3.42. The van der Waals surface area contributed by atoms with Gasteiger partial charge in [-0.2, -0.15) is 0 Å². The summed E-state index contributed by atoms with van der Waals surface area (Å²) in [7, 11) is 0. The molecule has 1 atom stereocenters. The van der Waals surface area contributed by atoms with Gasteiger partial charge in [-0.15, -0.1) is 0 Å². The Morgan fingerprint density at radius 1 is 1.43 bits per heavy atom. The van der Waals surface area contributed by atoms with Crippen LogP contribution in [0.25, 0.3) is 0 Å². The maximum atomic E-state index is 11.6. The largest absolute Gasteiger partial charge is 0.326 e. The van der Waals surface area contributed by atoms with Crippen molar-refractivity contribution in [1.29, 1.82) is 0 Å². The summed E-state index contributed by atoms with van der Waals surface area (Å²) in [6.07, 6.45) is 0.467. The molecule has 3 heteroatoms. The first-order chi connectivity index (χ1) is 6.68. The van der Waals surface area contributed by atoms with Gasteiger partial charge in [-0.3, -0.25) is 4.79 Å². The number of benzene rings is 1. The van der Waals surface area contributed by atoms with Gasteiger partial charge >= 0.3 is 0 Å². The van der Waals surface area contributed by atoms with Crippen LogP contribution in [0.2, 0.25) is 0 Å². The molecule has 74 valence electrons. The molecule has 1 aliphatic heterocycles. The summed E-state index contributed by atoms with van der Waals surface area (Å²) in [5, 5.41) is 0. The van der Waals surface area contributed by atoms with Crippen LogP contribution >= 0.6 is 0 Å². The van der Waals surface area contributed by atoms with E-state index in [0.29, 0.717) is 13.0 Å². The first kappa shape index (κ1) is 9.21. The molecule has 1 aliphatic rings. The van der Waals surface area contributed by atoms with Crippen LogP contribution < -0.4 is 10.6 Å². The number of rotatable bonds is 1. The standard InChI is InChI=1S/C11H14N2O/c1-8-4-2-3-5-10(8)13-7-9(12)6-11(13)14/h2-5,9H,6-7,12H2,1H3. The van der Waals surface area contributed by atoms with E-state index >= 15 is 0 Å². The molecule has 3 nitrogen and oxygen atoms in total. The van der Waals surface area contributed by atoms with Crippen molar-refractivity contribution in [1.82, 2.24) is 0 Å². The molecule has 1 saturated heterocycles. The van der Waals surface area contributed by atoms with Crippen molar-refractivity contribution in [3.8, 4) is 0 Å². The first-order valence-electron chi connectivity index (χ1n) is 4.80. The molecule has 0 spiro atoms. The lowest BCUT2D eigenvalue weighted by molar-refractivity contribution is -0.117. The number of carbonyl (C=O) groups is 1. The van der Waals surface area contributed by atoms with Crippen LogP contribution in [-0.2, 0) is 4.79 Å². The van der Waals surface area contributed by atoms with Crippen LogP contribution in [0.4, 0.5) is 5.69 Å². The van der Waals surface area contributed by atoms with Gasteiger partial charge in [0.15, 0.2) is 0 Å². The summed E-state index contributed by atoms with van der Waals surface area (Å²) in [6, 6.07) is 7.87. The van der Waals surface area contributed by atoms with E-state index in [1.807, 2.05) is 31.2 Å². The molecule has 0 aliphatic carbocycles. The van der Waals surface area contributed by atoms with Crippen LogP contribution in [0.5, 0.6) is 0 Å². The van der Waals surface area contributed by atoms with Gasteiger partial charge in [0.2, 0.25) is 5.91 Å². The first-order valence-corrected chi connectivity index (χ1v) is 4.80. The highest BCUT2D eigenvalue weighted by Crippen LogP contribution is 2.23. The molecule has 0 radical (unpaired) electrons. The lowest BCUT2D eigenvalue weighted by atomic mass is 10.2. The van der Waals surface area contributed by atoms with Gasteiger partial charge in [-0.25, -0.2) is 0 Å². The highest BCUT2D eigenvalue weighted by molar-refractivity contribution is 5.96. The Morgan fingerprint density at radius 2 is 2.14 bits per heavy atom. The summed E-state index contributed by atoms with van der Waals surface area (Å²) in [4.78, 5) is 13.4. The Kier molecular flexibility index (Phi) is 2.25.